The van der Waals surface area contributed by atoms with Crippen LogP contribution in [0.15, 0.2) is 24.3 Å². The van der Waals surface area contributed by atoms with Crippen LogP contribution in [0.3, 0.4) is 0 Å². The minimum Gasteiger partial charge on any atom is -0.481 e. The van der Waals surface area contributed by atoms with Crippen molar-refractivity contribution in [3.8, 4) is 16.2 Å². The van der Waals surface area contributed by atoms with E-state index in [1.165, 1.54) is 38.5 Å². The molecule has 2 saturated carbocycles. The lowest BCUT2D eigenvalue weighted by atomic mass is 9.59. The van der Waals surface area contributed by atoms with Crippen molar-refractivity contribution in [3.63, 3.8) is 0 Å². The van der Waals surface area contributed by atoms with Gasteiger partial charge >= 0.3 is 0 Å². The predicted octanol–water partition coefficient (Wildman–Crippen LogP) is 5.30. The van der Waals surface area contributed by atoms with Crippen LogP contribution in [-0.2, 0) is 4.79 Å². The summed E-state index contributed by atoms with van der Waals surface area (Å²) in [6.07, 6.45) is 11.1. The van der Waals surface area contributed by atoms with Gasteiger partial charge in [-0.2, -0.15) is 0 Å². The standard InChI is InChI=1S/C25H29FN2O3S/c1-28-24(7-3-8-24)14-19(15-25(28)9-4-10-25)27-18-6-2-5-17(13-18)23-21(26)22(31-12-11-29)20(16-30)32-23/h2,5-6,11,13,16,19,27H,3-4,7-10,12,14-15H2,1H3. The van der Waals surface area contributed by atoms with Gasteiger partial charge in [-0.15, -0.1) is 11.3 Å². The summed E-state index contributed by atoms with van der Waals surface area (Å²) in [5.41, 5.74) is 2.33. The third-order valence-corrected chi connectivity index (χ3v) is 9.10. The Morgan fingerprint density at radius 3 is 2.44 bits per heavy atom. The number of ether oxygens (including phenoxy) is 1. The molecule has 0 atom stereocenters. The molecular weight excluding hydrogens is 427 g/mol. The summed E-state index contributed by atoms with van der Waals surface area (Å²) >= 11 is 1.05. The molecule has 0 radical (unpaired) electrons. The Morgan fingerprint density at radius 2 is 1.88 bits per heavy atom. The molecular formula is C25H29FN2O3S. The number of nitrogens with one attached hydrogen (secondary N) is 1. The second-order valence-electron chi connectivity index (χ2n) is 9.58. The Labute approximate surface area is 191 Å². The van der Waals surface area contributed by atoms with Gasteiger partial charge in [-0.25, -0.2) is 4.39 Å². The van der Waals surface area contributed by atoms with Gasteiger partial charge in [0, 0.05) is 22.8 Å². The molecule has 2 spiro atoms. The number of likely N-dealkylation sites (tertiary alicyclic amines) is 1. The highest BCUT2D eigenvalue weighted by atomic mass is 32.1. The summed E-state index contributed by atoms with van der Waals surface area (Å²) < 4.78 is 20.2. The van der Waals surface area contributed by atoms with Crippen molar-refractivity contribution in [2.75, 3.05) is 19.0 Å². The number of rotatable bonds is 7. The molecule has 0 amide bonds. The summed E-state index contributed by atoms with van der Waals surface area (Å²) in [5.74, 6) is -0.725. The molecule has 170 valence electrons. The van der Waals surface area contributed by atoms with E-state index in [4.69, 9.17) is 4.74 Å². The van der Waals surface area contributed by atoms with Crippen LogP contribution in [0.1, 0.15) is 61.0 Å². The van der Waals surface area contributed by atoms with E-state index in [1.807, 2.05) is 24.3 Å². The monoisotopic (exact) mass is 456 g/mol. The fourth-order valence-corrected chi connectivity index (χ4v) is 6.97. The number of hydrogen-bond donors (Lipinski definition) is 1. The van der Waals surface area contributed by atoms with Crippen molar-refractivity contribution in [2.45, 2.75) is 68.5 Å². The number of aldehydes is 2. The Morgan fingerprint density at radius 1 is 1.19 bits per heavy atom. The summed E-state index contributed by atoms with van der Waals surface area (Å²) in [5, 5.41) is 3.76. The van der Waals surface area contributed by atoms with Crippen molar-refractivity contribution in [1.29, 1.82) is 0 Å². The molecule has 1 aromatic carbocycles. The first-order valence-electron chi connectivity index (χ1n) is 11.5. The van der Waals surface area contributed by atoms with Gasteiger partial charge in [-0.1, -0.05) is 12.1 Å². The van der Waals surface area contributed by atoms with E-state index in [0.717, 1.165) is 29.9 Å². The smallest absolute Gasteiger partial charge is 0.184 e. The fraction of sp³-hybridized carbons (Fsp3) is 0.520. The molecule has 2 aliphatic carbocycles. The number of hydrogen-bond acceptors (Lipinski definition) is 6. The van der Waals surface area contributed by atoms with Crippen LogP contribution in [0.4, 0.5) is 10.1 Å². The summed E-state index contributed by atoms with van der Waals surface area (Å²) in [6.45, 7) is -0.283. The second kappa shape index (κ2) is 8.27. The lowest BCUT2D eigenvalue weighted by Gasteiger charge is -2.65. The quantitative estimate of drug-likeness (QED) is 0.573. The van der Waals surface area contributed by atoms with Gasteiger partial charge in [0.05, 0.1) is 4.88 Å². The number of benzene rings is 1. The first kappa shape index (κ1) is 21.6. The third kappa shape index (κ3) is 3.46. The average Bonchev–Trinajstić information content (AvgIpc) is 3.06. The van der Waals surface area contributed by atoms with Gasteiger partial charge in [-0.3, -0.25) is 14.5 Å². The summed E-state index contributed by atoms with van der Waals surface area (Å²) in [7, 11) is 2.34. The molecule has 0 bridgehead atoms. The highest BCUT2D eigenvalue weighted by Crippen LogP contribution is 2.55. The number of anilines is 1. The number of piperidine rings is 1. The lowest BCUT2D eigenvalue weighted by Crippen LogP contribution is -2.70. The first-order valence-corrected chi connectivity index (χ1v) is 12.3. The Hall–Kier alpha value is -2.25. The largest absolute Gasteiger partial charge is 0.481 e. The molecule has 1 saturated heterocycles. The van der Waals surface area contributed by atoms with Crippen LogP contribution in [0.5, 0.6) is 5.75 Å². The number of carbonyl (C=O) groups is 2. The average molecular weight is 457 g/mol. The number of halogens is 1. The van der Waals surface area contributed by atoms with Gasteiger partial charge in [0.25, 0.3) is 0 Å². The van der Waals surface area contributed by atoms with Gasteiger partial charge in [0.1, 0.15) is 11.5 Å². The van der Waals surface area contributed by atoms with Gasteiger partial charge < -0.3 is 10.1 Å². The van der Waals surface area contributed by atoms with Crippen LogP contribution in [0.2, 0.25) is 0 Å². The van der Waals surface area contributed by atoms with E-state index in [9.17, 15) is 9.59 Å². The first-order chi connectivity index (χ1) is 15.5. The molecule has 2 heterocycles. The van der Waals surface area contributed by atoms with Crippen molar-refractivity contribution in [2.24, 2.45) is 0 Å². The van der Waals surface area contributed by atoms with Crippen LogP contribution < -0.4 is 10.1 Å². The van der Waals surface area contributed by atoms with E-state index in [-0.39, 0.29) is 17.2 Å². The Balaban J connectivity index is 1.39. The third-order valence-electron chi connectivity index (χ3n) is 7.98. The minimum absolute atomic E-state index is 0.139. The van der Waals surface area contributed by atoms with Gasteiger partial charge in [-0.05, 0) is 76.1 Å². The summed E-state index contributed by atoms with van der Waals surface area (Å²) in [4.78, 5) is 25.2. The predicted molar refractivity (Wildman–Crippen MR) is 124 cm³/mol. The maximum Gasteiger partial charge on any atom is 0.184 e. The zero-order valence-electron chi connectivity index (χ0n) is 18.4. The minimum atomic E-state index is -0.586. The maximum absolute atomic E-state index is 15.0. The molecule has 1 aliphatic heterocycles. The topological polar surface area (TPSA) is 58.6 Å². The molecule has 7 heteroatoms. The van der Waals surface area contributed by atoms with Crippen LogP contribution in [0, 0.1) is 5.82 Å². The van der Waals surface area contributed by atoms with Crippen molar-refractivity contribution >= 4 is 29.6 Å². The van der Waals surface area contributed by atoms with E-state index < -0.39 is 5.82 Å². The normalized spacial score (nSPS) is 23.4. The van der Waals surface area contributed by atoms with Gasteiger partial charge in [0.15, 0.2) is 24.1 Å². The second-order valence-corrected chi connectivity index (χ2v) is 10.6. The zero-order chi connectivity index (χ0) is 22.3. The molecule has 3 fully saturated rings. The maximum atomic E-state index is 15.0. The SMILES string of the molecule is CN1C2(CCC2)CC(Nc2cccc(-c3sc(C=O)c(OCC=O)c3F)c2)CC12CCC2. The molecule has 2 aromatic rings. The molecule has 0 unspecified atom stereocenters. The van der Waals surface area contributed by atoms with Crippen molar-refractivity contribution in [3.05, 3.63) is 35.0 Å². The molecule has 32 heavy (non-hydrogen) atoms. The van der Waals surface area contributed by atoms with Crippen LogP contribution >= 0.6 is 11.3 Å². The highest BCUT2D eigenvalue weighted by molar-refractivity contribution is 7.17. The number of carbonyl (C=O) groups excluding carboxylic acids is 2. The lowest BCUT2D eigenvalue weighted by molar-refractivity contribution is -0.123. The highest BCUT2D eigenvalue weighted by Gasteiger charge is 2.56. The Kier molecular flexibility index (Phi) is 5.58. The van der Waals surface area contributed by atoms with Crippen LogP contribution in [0.25, 0.3) is 10.4 Å². The van der Waals surface area contributed by atoms with E-state index in [2.05, 4.69) is 17.3 Å². The molecule has 1 N–H and O–H groups in total. The fourth-order valence-electron chi connectivity index (χ4n) is 6.03. The Bertz CT molecular complexity index is 1000. The van der Waals surface area contributed by atoms with Crippen molar-refractivity contribution < 1.29 is 18.7 Å². The zero-order valence-corrected chi connectivity index (χ0v) is 19.2. The molecule has 3 aliphatic rings. The van der Waals surface area contributed by atoms with E-state index in [1.54, 1.807) is 0 Å². The van der Waals surface area contributed by atoms with Crippen LogP contribution in [-0.4, -0.2) is 48.2 Å². The number of nitrogens with zero attached hydrogens (tertiary/aromatic N) is 1. The van der Waals surface area contributed by atoms with E-state index >= 15 is 4.39 Å². The molecule has 5 rings (SSSR count). The van der Waals surface area contributed by atoms with Crippen molar-refractivity contribution in [1.82, 2.24) is 4.90 Å². The molecule has 5 nitrogen and oxygen atoms in total. The number of thiophene rings is 1. The molecule has 1 aromatic heterocycles. The summed E-state index contributed by atoms with van der Waals surface area (Å²) in [6, 6.07) is 8.13. The van der Waals surface area contributed by atoms with Gasteiger partial charge in [0.2, 0.25) is 0 Å². The van der Waals surface area contributed by atoms with E-state index in [0.29, 0.717) is 40.1 Å².